The number of benzene rings is 1. The SMILES string of the molecule is CCCCN(C(=O)c1ccccc1I)C1CCS(=O)(=O)C1. The molecule has 1 unspecified atom stereocenters. The molecule has 6 heteroatoms. The van der Waals surface area contributed by atoms with E-state index < -0.39 is 9.84 Å². The van der Waals surface area contributed by atoms with E-state index in [1.54, 1.807) is 4.90 Å². The molecule has 1 heterocycles. The lowest BCUT2D eigenvalue weighted by atomic mass is 10.1. The highest BCUT2D eigenvalue weighted by Crippen LogP contribution is 2.22. The van der Waals surface area contributed by atoms with E-state index in [2.05, 4.69) is 29.5 Å². The van der Waals surface area contributed by atoms with Crippen molar-refractivity contribution in [2.24, 2.45) is 0 Å². The number of halogens is 1. The second kappa shape index (κ2) is 7.09. The molecular formula is C15H20INO3S. The van der Waals surface area contributed by atoms with E-state index in [1.165, 1.54) is 0 Å². The average molecular weight is 421 g/mol. The van der Waals surface area contributed by atoms with E-state index in [1.807, 2.05) is 24.3 Å². The summed E-state index contributed by atoms with van der Waals surface area (Å²) in [5, 5.41) is 0. The Morgan fingerprint density at radius 1 is 1.38 bits per heavy atom. The first-order valence-corrected chi connectivity index (χ1v) is 10.1. The fourth-order valence-electron chi connectivity index (χ4n) is 2.59. The third-order valence-electron chi connectivity index (χ3n) is 3.77. The van der Waals surface area contributed by atoms with Crippen molar-refractivity contribution in [2.45, 2.75) is 32.2 Å². The fourth-order valence-corrected chi connectivity index (χ4v) is 4.94. The third-order valence-corrected chi connectivity index (χ3v) is 6.46. The summed E-state index contributed by atoms with van der Waals surface area (Å²) >= 11 is 2.15. The molecule has 0 aliphatic carbocycles. The van der Waals surface area contributed by atoms with Gasteiger partial charge in [-0.05, 0) is 47.6 Å². The highest BCUT2D eigenvalue weighted by atomic mass is 127. The van der Waals surface area contributed by atoms with E-state index in [0.29, 0.717) is 18.5 Å². The van der Waals surface area contributed by atoms with E-state index in [0.717, 1.165) is 16.4 Å². The molecule has 1 atom stereocenters. The number of sulfone groups is 1. The molecule has 1 aromatic carbocycles. The van der Waals surface area contributed by atoms with Crippen LogP contribution < -0.4 is 0 Å². The number of amides is 1. The number of hydrogen-bond donors (Lipinski definition) is 0. The highest BCUT2D eigenvalue weighted by molar-refractivity contribution is 14.1. The van der Waals surface area contributed by atoms with Gasteiger partial charge in [0.25, 0.3) is 5.91 Å². The zero-order chi connectivity index (χ0) is 15.5. The summed E-state index contributed by atoms with van der Waals surface area (Å²) in [5.74, 6) is 0.251. The maximum absolute atomic E-state index is 12.8. The minimum atomic E-state index is -2.99. The normalized spacial score (nSPS) is 20.4. The van der Waals surface area contributed by atoms with E-state index >= 15 is 0 Å². The topological polar surface area (TPSA) is 54.5 Å². The van der Waals surface area contributed by atoms with Gasteiger partial charge in [0.2, 0.25) is 0 Å². The molecule has 1 fully saturated rings. The van der Waals surface area contributed by atoms with Gasteiger partial charge in [0.15, 0.2) is 9.84 Å². The van der Waals surface area contributed by atoms with Crippen LogP contribution >= 0.6 is 22.6 Å². The van der Waals surface area contributed by atoms with Gasteiger partial charge in [0, 0.05) is 16.2 Å². The summed E-state index contributed by atoms with van der Waals surface area (Å²) in [6, 6.07) is 7.28. The van der Waals surface area contributed by atoms with Gasteiger partial charge in [-0.25, -0.2) is 8.42 Å². The largest absolute Gasteiger partial charge is 0.335 e. The number of rotatable bonds is 5. The highest BCUT2D eigenvalue weighted by Gasteiger charge is 2.35. The lowest BCUT2D eigenvalue weighted by Crippen LogP contribution is -2.42. The van der Waals surface area contributed by atoms with Gasteiger partial charge in [-0.2, -0.15) is 0 Å². The van der Waals surface area contributed by atoms with Crippen LogP contribution in [0.15, 0.2) is 24.3 Å². The minimum Gasteiger partial charge on any atom is -0.335 e. The lowest BCUT2D eigenvalue weighted by Gasteiger charge is -2.28. The Balaban J connectivity index is 2.24. The van der Waals surface area contributed by atoms with Crippen molar-refractivity contribution in [3.63, 3.8) is 0 Å². The number of unbranched alkanes of at least 4 members (excludes halogenated alkanes) is 1. The molecular weight excluding hydrogens is 401 g/mol. The van der Waals surface area contributed by atoms with Crippen LogP contribution in [0.4, 0.5) is 0 Å². The van der Waals surface area contributed by atoms with Gasteiger partial charge in [-0.3, -0.25) is 4.79 Å². The van der Waals surface area contributed by atoms with Crippen LogP contribution in [-0.4, -0.2) is 43.3 Å². The van der Waals surface area contributed by atoms with Crippen LogP contribution in [0, 0.1) is 3.57 Å². The zero-order valence-electron chi connectivity index (χ0n) is 12.1. The molecule has 1 saturated heterocycles. The number of nitrogens with zero attached hydrogens (tertiary/aromatic N) is 1. The molecule has 1 aliphatic heterocycles. The Labute approximate surface area is 140 Å². The molecule has 0 radical (unpaired) electrons. The number of carbonyl (C=O) groups is 1. The Hall–Kier alpha value is -0.630. The van der Waals surface area contributed by atoms with Crippen LogP contribution in [0.1, 0.15) is 36.5 Å². The molecule has 1 aromatic rings. The summed E-state index contributed by atoms with van der Waals surface area (Å²) in [7, 11) is -2.99. The molecule has 116 valence electrons. The van der Waals surface area contributed by atoms with Gasteiger partial charge in [0.05, 0.1) is 17.1 Å². The predicted octanol–water partition coefficient (Wildman–Crippen LogP) is 2.72. The minimum absolute atomic E-state index is 0.0458. The molecule has 0 saturated carbocycles. The van der Waals surface area contributed by atoms with Crippen molar-refractivity contribution >= 4 is 38.3 Å². The molecule has 0 bridgehead atoms. The van der Waals surface area contributed by atoms with Crippen molar-refractivity contribution in [2.75, 3.05) is 18.1 Å². The number of hydrogen-bond acceptors (Lipinski definition) is 3. The summed E-state index contributed by atoms with van der Waals surface area (Å²) in [6.45, 7) is 2.70. The quantitative estimate of drug-likeness (QED) is 0.688. The fraction of sp³-hybridized carbons (Fsp3) is 0.533. The predicted molar refractivity (Wildman–Crippen MR) is 92.2 cm³/mol. The molecule has 4 nitrogen and oxygen atoms in total. The smallest absolute Gasteiger partial charge is 0.255 e. The van der Waals surface area contributed by atoms with Gasteiger partial charge in [-0.1, -0.05) is 25.5 Å². The van der Waals surface area contributed by atoms with Crippen LogP contribution in [0.3, 0.4) is 0 Å². The molecule has 0 aromatic heterocycles. The molecule has 1 amide bonds. The van der Waals surface area contributed by atoms with Crippen LogP contribution in [0.5, 0.6) is 0 Å². The van der Waals surface area contributed by atoms with Crippen molar-refractivity contribution < 1.29 is 13.2 Å². The summed E-state index contributed by atoms with van der Waals surface area (Å²) in [6.07, 6.45) is 2.43. The third kappa shape index (κ3) is 4.18. The zero-order valence-corrected chi connectivity index (χ0v) is 15.1. The van der Waals surface area contributed by atoms with Crippen molar-refractivity contribution in [3.05, 3.63) is 33.4 Å². The van der Waals surface area contributed by atoms with Crippen LogP contribution in [-0.2, 0) is 9.84 Å². The Morgan fingerprint density at radius 3 is 2.67 bits per heavy atom. The molecule has 0 N–H and O–H groups in total. The van der Waals surface area contributed by atoms with Crippen LogP contribution in [0.25, 0.3) is 0 Å². The van der Waals surface area contributed by atoms with E-state index in [4.69, 9.17) is 0 Å². The molecule has 1 aliphatic rings. The first-order valence-electron chi connectivity index (χ1n) is 7.20. The second-order valence-corrected chi connectivity index (χ2v) is 8.78. The van der Waals surface area contributed by atoms with Crippen molar-refractivity contribution in [3.8, 4) is 0 Å². The monoisotopic (exact) mass is 421 g/mol. The summed E-state index contributed by atoms with van der Waals surface area (Å²) < 4.78 is 24.3. The first-order chi connectivity index (χ1) is 9.94. The average Bonchev–Trinajstić information content (AvgIpc) is 2.79. The van der Waals surface area contributed by atoms with Gasteiger partial charge in [0.1, 0.15) is 0 Å². The summed E-state index contributed by atoms with van der Waals surface area (Å²) in [4.78, 5) is 14.6. The summed E-state index contributed by atoms with van der Waals surface area (Å²) in [5.41, 5.74) is 0.665. The molecule has 2 rings (SSSR count). The molecule has 21 heavy (non-hydrogen) atoms. The Kier molecular flexibility index (Phi) is 5.65. The standard InChI is InChI=1S/C15H20INO3S/c1-2-3-9-17(12-8-10-21(19,20)11-12)15(18)13-6-4-5-7-14(13)16/h4-7,12H,2-3,8-11H2,1H3. The maximum Gasteiger partial charge on any atom is 0.255 e. The number of carbonyl (C=O) groups excluding carboxylic acids is 1. The van der Waals surface area contributed by atoms with Crippen molar-refractivity contribution in [1.29, 1.82) is 0 Å². The Bertz CT molecular complexity index is 615. The Morgan fingerprint density at radius 2 is 2.10 bits per heavy atom. The lowest BCUT2D eigenvalue weighted by molar-refractivity contribution is 0.0693. The van der Waals surface area contributed by atoms with Crippen molar-refractivity contribution in [1.82, 2.24) is 4.90 Å². The van der Waals surface area contributed by atoms with Gasteiger partial charge >= 0.3 is 0 Å². The maximum atomic E-state index is 12.8. The van der Waals surface area contributed by atoms with Gasteiger partial charge in [-0.15, -0.1) is 0 Å². The van der Waals surface area contributed by atoms with E-state index in [-0.39, 0.29) is 23.5 Å². The first kappa shape index (κ1) is 16.7. The molecule has 0 spiro atoms. The second-order valence-electron chi connectivity index (χ2n) is 5.39. The van der Waals surface area contributed by atoms with Gasteiger partial charge < -0.3 is 4.90 Å². The van der Waals surface area contributed by atoms with Crippen LogP contribution in [0.2, 0.25) is 0 Å². The van der Waals surface area contributed by atoms with E-state index in [9.17, 15) is 13.2 Å².